The molecule has 0 aromatic carbocycles. The summed E-state index contributed by atoms with van der Waals surface area (Å²) in [5.74, 6) is -0.134. The van der Waals surface area contributed by atoms with Gasteiger partial charge >= 0.3 is 7.82 Å². The van der Waals surface area contributed by atoms with Crippen LogP contribution < -0.4 is 5.32 Å². The second kappa shape index (κ2) is 55.3. The van der Waals surface area contributed by atoms with Crippen molar-refractivity contribution in [2.75, 3.05) is 40.9 Å². The van der Waals surface area contributed by atoms with Crippen molar-refractivity contribution in [3.63, 3.8) is 0 Å². The van der Waals surface area contributed by atoms with Crippen molar-refractivity contribution in [3.05, 3.63) is 0 Å². The van der Waals surface area contributed by atoms with Gasteiger partial charge in [0.25, 0.3) is 0 Å². The van der Waals surface area contributed by atoms with E-state index in [1.165, 1.54) is 283 Å². The van der Waals surface area contributed by atoms with Crippen LogP contribution in [0.2, 0.25) is 0 Å². The van der Waals surface area contributed by atoms with Crippen LogP contribution in [-0.2, 0) is 18.4 Å². The average molecular weight is 1040 g/mol. The number of aliphatic hydroxyl groups excluding tert-OH is 1. The fraction of sp³-hybridized carbons (Fsp3) is 0.984. The first-order valence-electron chi connectivity index (χ1n) is 32.4. The highest BCUT2D eigenvalue weighted by molar-refractivity contribution is 7.47. The molecule has 0 aliphatic rings. The summed E-state index contributed by atoms with van der Waals surface area (Å²) in [7, 11) is 1.64. The van der Waals surface area contributed by atoms with Gasteiger partial charge < -0.3 is 19.8 Å². The molecule has 432 valence electrons. The maximum atomic E-state index is 13.0. The molecule has 9 heteroatoms. The number of likely N-dealkylation sites (N-methyl/N-ethyl adjacent to an activating group) is 1. The van der Waals surface area contributed by atoms with Gasteiger partial charge in [-0.05, 0) is 12.8 Å². The highest BCUT2D eigenvalue weighted by atomic mass is 31.2. The summed E-state index contributed by atoms with van der Waals surface area (Å²) in [4.78, 5) is 23.4. The Kier molecular flexibility index (Phi) is 54.9. The molecule has 0 bridgehead atoms. The first-order chi connectivity index (χ1) is 35.0. The number of nitrogens with one attached hydrogen (secondary N) is 1. The Balaban J connectivity index is 4.04. The molecule has 3 N–H and O–H groups in total. The largest absolute Gasteiger partial charge is 0.472 e. The standard InChI is InChI=1S/C63H129N2O6P/c1-6-8-10-12-14-16-18-20-22-24-26-28-30-31-32-33-35-36-38-40-42-44-46-48-50-52-54-56-62(66)61(60-71-72(68,69)70-59-58-65(3,4)5)64-63(67)57-55-53-51-49-47-45-43-41-39-37-34-29-27-25-23-21-19-17-15-13-11-9-7-2/h61-62,66H,6-60H2,1-5H3,(H-,64,67,68,69)/p+1. The van der Waals surface area contributed by atoms with Crippen molar-refractivity contribution in [2.24, 2.45) is 0 Å². The number of carbonyl (C=O) groups is 1. The zero-order chi connectivity index (χ0) is 52.7. The van der Waals surface area contributed by atoms with Crippen molar-refractivity contribution < 1.29 is 32.9 Å². The lowest BCUT2D eigenvalue weighted by Gasteiger charge is -2.26. The molecule has 0 heterocycles. The molecule has 0 saturated carbocycles. The Hall–Kier alpha value is -0.500. The number of amides is 1. The predicted molar refractivity (Wildman–Crippen MR) is 314 cm³/mol. The van der Waals surface area contributed by atoms with Crippen molar-refractivity contribution in [3.8, 4) is 0 Å². The molecule has 0 aromatic heterocycles. The number of nitrogens with zero attached hydrogens (tertiary/aromatic N) is 1. The molecule has 0 aliphatic carbocycles. The summed E-state index contributed by atoms with van der Waals surface area (Å²) >= 11 is 0. The third-order valence-corrected chi connectivity index (χ3v) is 16.3. The lowest BCUT2D eigenvalue weighted by Crippen LogP contribution is -2.46. The molecule has 8 nitrogen and oxygen atoms in total. The third kappa shape index (κ3) is 57.2. The van der Waals surface area contributed by atoms with Crippen molar-refractivity contribution >= 4 is 13.7 Å². The zero-order valence-corrected chi connectivity index (χ0v) is 50.4. The average Bonchev–Trinajstić information content (AvgIpc) is 3.34. The molecule has 0 rings (SSSR count). The first kappa shape index (κ1) is 71.5. The van der Waals surface area contributed by atoms with Gasteiger partial charge in [0.1, 0.15) is 13.2 Å². The van der Waals surface area contributed by atoms with Gasteiger partial charge in [-0.1, -0.05) is 328 Å². The molecule has 0 spiro atoms. The summed E-state index contributed by atoms with van der Waals surface area (Å²) in [5, 5.41) is 14.1. The van der Waals surface area contributed by atoms with Gasteiger partial charge in [-0.2, -0.15) is 0 Å². The molecular weight excluding hydrogens is 912 g/mol. The van der Waals surface area contributed by atoms with Crippen molar-refractivity contribution in [2.45, 2.75) is 360 Å². The minimum Gasteiger partial charge on any atom is -0.391 e. The van der Waals surface area contributed by atoms with E-state index < -0.39 is 20.0 Å². The van der Waals surface area contributed by atoms with Crippen LogP contribution in [-0.4, -0.2) is 73.4 Å². The van der Waals surface area contributed by atoms with E-state index in [4.69, 9.17) is 9.05 Å². The molecule has 0 aromatic rings. The van der Waals surface area contributed by atoms with E-state index in [9.17, 15) is 19.4 Å². The Morgan fingerprint density at radius 2 is 0.667 bits per heavy atom. The molecule has 0 saturated heterocycles. The monoisotopic (exact) mass is 1040 g/mol. The van der Waals surface area contributed by atoms with Gasteiger partial charge in [0, 0.05) is 6.42 Å². The van der Waals surface area contributed by atoms with Crippen molar-refractivity contribution in [1.29, 1.82) is 0 Å². The predicted octanol–water partition coefficient (Wildman–Crippen LogP) is 20.0. The Bertz CT molecular complexity index is 1140. The van der Waals surface area contributed by atoms with Gasteiger partial charge in [0.05, 0.1) is 39.9 Å². The van der Waals surface area contributed by atoms with E-state index in [1.807, 2.05) is 21.1 Å². The van der Waals surface area contributed by atoms with Crippen molar-refractivity contribution in [1.82, 2.24) is 5.32 Å². The Morgan fingerprint density at radius 1 is 0.417 bits per heavy atom. The van der Waals surface area contributed by atoms with E-state index in [0.29, 0.717) is 23.9 Å². The van der Waals surface area contributed by atoms with E-state index in [1.54, 1.807) is 0 Å². The van der Waals surface area contributed by atoms with Crippen LogP contribution in [0.1, 0.15) is 348 Å². The molecule has 0 fully saturated rings. The maximum Gasteiger partial charge on any atom is 0.472 e. The molecule has 0 aliphatic heterocycles. The van der Waals surface area contributed by atoms with Crippen LogP contribution in [0.3, 0.4) is 0 Å². The second-order valence-corrected chi connectivity index (χ2v) is 25.3. The van der Waals surface area contributed by atoms with Crippen LogP contribution in [0.15, 0.2) is 0 Å². The Labute approximate surface area is 450 Å². The maximum absolute atomic E-state index is 13.0. The normalized spacial score (nSPS) is 13.7. The number of quaternary nitrogens is 1. The summed E-state index contributed by atoms with van der Waals surface area (Å²) in [6.07, 6.45) is 67.5. The van der Waals surface area contributed by atoms with Gasteiger partial charge in [-0.25, -0.2) is 4.57 Å². The fourth-order valence-corrected chi connectivity index (χ4v) is 11.0. The van der Waals surface area contributed by atoms with Gasteiger partial charge in [0.2, 0.25) is 5.91 Å². The number of unbranched alkanes of at least 4 members (excludes halogenated alkanes) is 48. The second-order valence-electron chi connectivity index (χ2n) is 23.9. The quantitative estimate of drug-likeness (QED) is 0.0318. The topological polar surface area (TPSA) is 105 Å². The molecule has 72 heavy (non-hydrogen) atoms. The smallest absolute Gasteiger partial charge is 0.391 e. The SMILES string of the molecule is CCCCCCCCCCCCCCCCCCCCCCCCCCCCCC(O)C(COP(=O)(O)OCC[N+](C)(C)C)NC(=O)CCCCCCCCCCCCCCCCCCCCCCCCC. The van der Waals surface area contributed by atoms with E-state index >= 15 is 0 Å². The number of hydrogen-bond acceptors (Lipinski definition) is 5. The van der Waals surface area contributed by atoms with Crippen LogP contribution in [0.5, 0.6) is 0 Å². The van der Waals surface area contributed by atoms with Gasteiger partial charge in [0.15, 0.2) is 0 Å². The van der Waals surface area contributed by atoms with E-state index in [0.717, 1.165) is 38.5 Å². The Morgan fingerprint density at radius 3 is 0.931 bits per heavy atom. The van der Waals surface area contributed by atoms with E-state index in [-0.39, 0.29) is 19.1 Å². The molecule has 0 radical (unpaired) electrons. The molecule has 1 amide bonds. The summed E-state index contributed by atoms with van der Waals surface area (Å²) < 4.78 is 23.9. The summed E-state index contributed by atoms with van der Waals surface area (Å²) in [6.45, 7) is 4.96. The van der Waals surface area contributed by atoms with E-state index in [2.05, 4.69) is 19.2 Å². The zero-order valence-electron chi connectivity index (χ0n) is 49.5. The van der Waals surface area contributed by atoms with Crippen LogP contribution in [0, 0.1) is 0 Å². The number of phosphoric ester groups is 1. The summed E-state index contributed by atoms with van der Waals surface area (Å²) in [6, 6.07) is -0.756. The fourth-order valence-electron chi connectivity index (χ4n) is 10.3. The highest BCUT2D eigenvalue weighted by Crippen LogP contribution is 2.43. The number of rotatable bonds is 61. The number of phosphoric acid groups is 1. The summed E-state index contributed by atoms with van der Waals surface area (Å²) in [5.41, 5.74) is 0. The highest BCUT2D eigenvalue weighted by Gasteiger charge is 2.28. The van der Waals surface area contributed by atoms with Crippen LogP contribution in [0.25, 0.3) is 0 Å². The minimum atomic E-state index is -4.32. The van der Waals surface area contributed by atoms with Crippen LogP contribution >= 0.6 is 7.82 Å². The lowest BCUT2D eigenvalue weighted by molar-refractivity contribution is -0.870. The molecule has 3 unspecified atom stereocenters. The number of hydrogen-bond donors (Lipinski definition) is 3. The molecule has 3 atom stereocenters. The molecular formula is C63H130N2O6P+. The number of carbonyl (C=O) groups excluding carboxylic acids is 1. The van der Waals surface area contributed by atoms with Crippen LogP contribution in [0.4, 0.5) is 0 Å². The number of aliphatic hydroxyl groups is 1. The lowest BCUT2D eigenvalue weighted by atomic mass is 10.0. The minimum absolute atomic E-state index is 0.0794. The van der Waals surface area contributed by atoms with Gasteiger partial charge in [-0.15, -0.1) is 0 Å². The third-order valence-electron chi connectivity index (χ3n) is 15.4. The first-order valence-corrected chi connectivity index (χ1v) is 33.9. The van der Waals surface area contributed by atoms with Gasteiger partial charge in [-0.3, -0.25) is 13.8 Å².